The minimum Gasteiger partial charge on any atom is -0.466 e. The second-order valence-electron chi connectivity index (χ2n) is 4.59. The Hall–Kier alpha value is -1.32. The van der Waals surface area contributed by atoms with Gasteiger partial charge in [0.1, 0.15) is 0 Å². The molecule has 0 aromatic heterocycles. The molecule has 0 aliphatic heterocycles. The van der Waals surface area contributed by atoms with E-state index < -0.39 is 0 Å². The zero-order valence-corrected chi connectivity index (χ0v) is 12.2. The molecule has 0 rings (SSSR count). The van der Waals surface area contributed by atoms with Crippen LogP contribution in [0.3, 0.4) is 0 Å². The van der Waals surface area contributed by atoms with Crippen molar-refractivity contribution in [3.8, 4) is 0 Å². The van der Waals surface area contributed by atoms with Gasteiger partial charge >= 0.3 is 11.9 Å². The third kappa shape index (κ3) is 11.5. The molecule has 0 aromatic carbocycles. The lowest BCUT2D eigenvalue weighted by atomic mass is 10.1. The lowest BCUT2D eigenvalue weighted by molar-refractivity contribution is -0.143. The minimum absolute atomic E-state index is 0.103. The number of unbranched alkanes of at least 4 members (excludes halogenated alkanes) is 5. The van der Waals surface area contributed by atoms with Crippen molar-refractivity contribution in [1.29, 1.82) is 0 Å². The van der Waals surface area contributed by atoms with E-state index in [0.717, 1.165) is 38.5 Å². The zero-order valence-electron chi connectivity index (χ0n) is 12.2. The van der Waals surface area contributed by atoms with Gasteiger partial charge in [0.05, 0.1) is 13.2 Å². The molecule has 0 atom stereocenters. The molecule has 4 heteroatoms. The molecular formula is C15H26O4. The first-order valence-corrected chi connectivity index (χ1v) is 7.06. The quantitative estimate of drug-likeness (QED) is 0.328. The molecule has 110 valence electrons. The van der Waals surface area contributed by atoms with Crippen molar-refractivity contribution >= 4 is 11.9 Å². The van der Waals surface area contributed by atoms with E-state index in [1.165, 1.54) is 0 Å². The number of rotatable bonds is 11. The van der Waals surface area contributed by atoms with Gasteiger partial charge in [-0.1, -0.05) is 32.3 Å². The van der Waals surface area contributed by atoms with Crippen molar-refractivity contribution in [3.63, 3.8) is 0 Å². The second-order valence-corrected chi connectivity index (χ2v) is 4.59. The van der Waals surface area contributed by atoms with Gasteiger partial charge in [-0.3, -0.25) is 4.79 Å². The van der Waals surface area contributed by atoms with Crippen molar-refractivity contribution in [2.75, 3.05) is 13.2 Å². The summed E-state index contributed by atoms with van der Waals surface area (Å²) in [4.78, 5) is 22.1. The van der Waals surface area contributed by atoms with Crippen LogP contribution in [0.5, 0.6) is 0 Å². The van der Waals surface area contributed by atoms with Gasteiger partial charge in [0.2, 0.25) is 0 Å². The van der Waals surface area contributed by atoms with E-state index in [9.17, 15) is 9.59 Å². The molecule has 0 saturated carbocycles. The highest BCUT2D eigenvalue weighted by Crippen LogP contribution is 2.08. The van der Waals surface area contributed by atoms with Crippen molar-refractivity contribution < 1.29 is 19.1 Å². The van der Waals surface area contributed by atoms with Crippen LogP contribution >= 0.6 is 0 Å². The number of carbonyl (C=O) groups excluding carboxylic acids is 2. The second kappa shape index (κ2) is 11.8. The Balaban J connectivity index is 3.21. The fourth-order valence-electron chi connectivity index (χ4n) is 1.60. The third-order valence-electron chi connectivity index (χ3n) is 2.66. The minimum atomic E-state index is -0.311. The maximum atomic E-state index is 11.1. The maximum absolute atomic E-state index is 11.1. The van der Waals surface area contributed by atoms with E-state index in [-0.39, 0.29) is 11.9 Å². The Kier molecular flexibility index (Phi) is 10.9. The Bertz CT molecular complexity index is 284. The highest BCUT2D eigenvalue weighted by molar-refractivity contribution is 5.86. The largest absolute Gasteiger partial charge is 0.466 e. The fourth-order valence-corrected chi connectivity index (χ4v) is 1.60. The van der Waals surface area contributed by atoms with Gasteiger partial charge in [0.15, 0.2) is 0 Å². The molecule has 0 aliphatic carbocycles. The Labute approximate surface area is 116 Å². The van der Waals surface area contributed by atoms with Crippen LogP contribution in [0.4, 0.5) is 0 Å². The Morgan fingerprint density at radius 3 is 2.11 bits per heavy atom. The summed E-state index contributed by atoms with van der Waals surface area (Å²) in [5.41, 5.74) is 0.443. The molecular weight excluding hydrogens is 244 g/mol. The van der Waals surface area contributed by atoms with Crippen LogP contribution in [0.1, 0.15) is 58.8 Å². The number of esters is 2. The molecule has 0 radical (unpaired) electrons. The van der Waals surface area contributed by atoms with E-state index >= 15 is 0 Å². The molecule has 19 heavy (non-hydrogen) atoms. The summed E-state index contributed by atoms with van der Waals surface area (Å²) in [6, 6.07) is 0. The highest BCUT2D eigenvalue weighted by atomic mass is 16.5. The average Bonchev–Trinajstić information content (AvgIpc) is 2.36. The Morgan fingerprint density at radius 2 is 1.53 bits per heavy atom. The average molecular weight is 270 g/mol. The summed E-state index contributed by atoms with van der Waals surface area (Å²) in [6.45, 7) is 7.91. The number of carbonyl (C=O) groups is 2. The molecule has 0 spiro atoms. The van der Waals surface area contributed by atoms with Gasteiger partial charge < -0.3 is 9.47 Å². The summed E-state index contributed by atoms with van der Waals surface area (Å²) in [6.07, 6.45) is 6.60. The first-order chi connectivity index (χ1) is 9.07. The third-order valence-corrected chi connectivity index (χ3v) is 2.66. The molecule has 0 fully saturated rings. The van der Waals surface area contributed by atoms with E-state index in [1.807, 2.05) is 6.92 Å². The topological polar surface area (TPSA) is 52.6 Å². The summed E-state index contributed by atoms with van der Waals surface area (Å²) >= 11 is 0. The standard InChI is InChI=1S/C15H26O4/c1-4-18-14(16)11-9-7-5-6-8-10-12-19-15(17)13(2)3/h2,4-12H2,1,3H3. The predicted octanol–water partition coefficient (Wildman–Crippen LogP) is 3.40. The predicted molar refractivity (Wildman–Crippen MR) is 74.7 cm³/mol. The lowest BCUT2D eigenvalue weighted by Gasteiger charge is -2.04. The molecule has 0 N–H and O–H groups in total. The fraction of sp³-hybridized carbons (Fsp3) is 0.733. The van der Waals surface area contributed by atoms with Crippen molar-refractivity contribution in [2.45, 2.75) is 58.8 Å². The van der Waals surface area contributed by atoms with Gasteiger partial charge in [-0.15, -0.1) is 0 Å². The number of hydrogen-bond acceptors (Lipinski definition) is 4. The van der Waals surface area contributed by atoms with Crippen LogP contribution in [-0.4, -0.2) is 25.2 Å². The number of ether oxygens (including phenoxy) is 2. The van der Waals surface area contributed by atoms with Crippen molar-refractivity contribution in [3.05, 3.63) is 12.2 Å². The van der Waals surface area contributed by atoms with Gasteiger partial charge in [-0.2, -0.15) is 0 Å². The number of hydrogen-bond donors (Lipinski definition) is 0. The van der Waals surface area contributed by atoms with Crippen LogP contribution in [0.25, 0.3) is 0 Å². The van der Waals surface area contributed by atoms with Gasteiger partial charge in [-0.25, -0.2) is 4.79 Å². The molecule has 0 aliphatic rings. The van der Waals surface area contributed by atoms with Gasteiger partial charge in [-0.05, 0) is 26.7 Å². The SMILES string of the molecule is C=C(C)C(=O)OCCCCCCCCC(=O)OCC. The van der Waals surface area contributed by atoms with Crippen molar-refractivity contribution in [1.82, 2.24) is 0 Å². The summed E-state index contributed by atoms with van der Waals surface area (Å²) in [5.74, 6) is -0.413. The molecule has 0 heterocycles. The van der Waals surface area contributed by atoms with Gasteiger partial charge in [0, 0.05) is 12.0 Å². The lowest BCUT2D eigenvalue weighted by Crippen LogP contribution is -2.06. The smallest absolute Gasteiger partial charge is 0.333 e. The van der Waals surface area contributed by atoms with Crippen LogP contribution in [-0.2, 0) is 19.1 Å². The van der Waals surface area contributed by atoms with E-state index in [1.54, 1.807) is 6.92 Å². The Morgan fingerprint density at radius 1 is 0.947 bits per heavy atom. The van der Waals surface area contributed by atoms with E-state index in [4.69, 9.17) is 9.47 Å². The van der Waals surface area contributed by atoms with Crippen molar-refractivity contribution in [2.24, 2.45) is 0 Å². The first-order valence-electron chi connectivity index (χ1n) is 7.06. The molecule has 0 unspecified atom stereocenters. The van der Waals surface area contributed by atoms with E-state index in [2.05, 4.69) is 6.58 Å². The van der Waals surface area contributed by atoms with E-state index in [0.29, 0.717) is 25.2 Å². The molecule has 0 amide bonds. The van der Waals surface area contributed by atoms with Gasteiger partial charge in [0.25, 0.3) is 0 Å². The maximum Gasteiger partial charge on any atom is 0.333 e. The summed E-state index contributed by atoms with van der Waals surface area (Å²) in [5, 5.41) is 0. The van der Waals surface area contributed by atoms with Crippen LogP contribution in [0.2, 0.25) is 0 Å². The zero-order chi connectivity index (χ0) is 14.5. The van der Waals surface area contributed by atoms with Crippen LogP contribution in [0.15, 0.2) is 12.2 Å². The monoisotopic (exact) mass is 270 g/mol. The molecule has 0 bridgehead atoms. The van der Waals surface area contributed by atoms with Crippen LogP contribution in [0, 0.1) is 0 Å². The highest BCUT2D eigenvalue weighted by Gasteiger charge is 2.02. The summed E-state index contributed by atoms with van der Waals surface area (Å²) < 4.78 is 9.84. The molecule has 4 nitrogen and oxygen atoms in total. The first kappa shape index (κ1) is 17.7. The van der Waals surface area contributed by atoms with Crippen LogP contribution < -0.4 is 0 Å². The summed E-state index contributed by atoms with van der Waals surface area (Å²) in [7, 11) is 0. The molecule has 0 saturated heterocycles. The normalized spacial score (nSPS) is 10.0. The molecule has 0 aromatic rings.